The summed E-state index contributed by atoms with van der Waals surface area (Å²) in [5.41, 5.74) is 2.93. The molecule has 0 amide bonds. The number of fused-ring (bicyclic) bond motifs is 1. The molecule has 106 valence electrons. The quantitative estimate of drug-likeness (QED) is 0.855. The third-order valence-electron chi connectivity index (χ3n) is 4.07. The van der Waals surface area contributed by atoms with Crippen molar-refractivity contribution in [2.45, 2.75) is 25.0 Å². The van der Waals surface area contributed by atoms with Crippen molar-refractivity contribution in [2.24, 2.45) is 0 Å². The molecule has 1 aliphatic heterocycles. The highest BCUT2D eigenvalue weighted by Gasteiger charge is 2.41. The molecule has 0 aliphatic carbocycles. The van der Waals surface area contributed by atoms with E-state index in [-0.39, 0.29) is 0 Å². The molecule has 1 unspecified atom stereocenters. The van der Waals surface area contributed by atoms with Crippen molar-refractivity contribution in [3.8, 4) is 11.8 Å². The van der Waals surface area contributed by atoms with Crippen LogP contribution in [-0.4, -0.2) is 7.11 Å². The molecular formula is C18H17NO2. The maximum Gasteiger partial charge on any atom is 0.120 e. The van der Waals surface area contributed by atoms with E-state index in [9.17, 15) is 0 Å². The fourth-order valence-corrected chi connectivity index (χ4v) is 3.00. The number of hydrogen-bond acceptors (Lipinski definition) is 3. The lowest BCUT2D eigenvalue weighted by atomic mass is 9.82. The predicted molar refractivity (Wildman–Crippen MR) is 79.9 cm³/mol. The molecule has 0 saturated heterocycles. The Bertz CT molecular complexity index is 672. The second kappa shape index (κ2) is 5.59. The van der Waals surface area contributed by atoms with Crippen molar-refractivity contribution >= 4 is 0 Å². The van der Waals surface area contributed by atoms with Crippen molar-refractivity contribution in [3.63, 3.8) is 0 Å². The first-order chi connectivity index (χ1) is 10.3. The van der Waals surface area contributed by atoms with Gasteiger partial charge in [0.2, 0.25) is 0 Å². The predicted octanol–water partition coefficient (Wildman–Crippen LogP) is 3.77. The maximum absolute atomic E-state index is 8.99. The van der Waals surface area contributed by atoms with Gasteiger partial charge < -0.3 is 9.47 Å². The summed E-state index contributed by atoms with van der Waals surface area (Å²) in [6.07, 6.45) is 1.12. The topological polar surface area (TPSA) is 42.2 Å². The third-order valence-corrected chi connectivity index (χ3v) is 4.07. The van der Waals surface area contributed by atoms with Gasteiger partial charge >= 0.3 is 0 Å². The number of nitrogens with zero attached hydrogens (tertiary/aromatic N) is 1. The van der Waals surface area contributed by atoms with Crippen LogP contribution in [0.25, 0.3) is 0 Å². The monoisotopic (exact) mass is 279 g/mol. The van der Waals surface area contributed by atoms with Crippen LogP contribution in [-0.2, 0) is 16.9 Å². The van der Waals surface area contributed by atoms with E-state index in [4.69, 9.17) is 14.7 Å². The molecule has 1 aliphatic rings. The fraction of sp³-hybridized carbons (Fsp3) is 0.278. The number of benzene rings is 2. The first-order valence-corrected chi connectivity index (χ1v) is 7.04. The molecule has 0 bridgehead atoms. The Balaban J connectivity index is 2.08. The summed E-state index contributed by atoms with van der Waals surface area (Å²) in [7, 11) is 1.65. The number of nitriles is 1. The molecule has 3 heteroatoms. The number of hydrogen-bond donors (Lipinski definition) is 0. The molecule has 2 aromatic rings. The summed E-state index contributed by atoms with van der Waals surface area (Å²) in [5, 5.41) is 8.99. The minimum atomic E-state index is -0.515. The van der Waals surface area contributed by atoms with Crippen molar-refractivity contribution in [3.05, 3.63) is 65.2 Å². The van der Waals surface area contributed by atoms with E-state index in [1.54, 1.807) is 7.11 Å². The van der Waals surface area contributed by atoms with E-state index in [0.717, 1.165) is 11.3 Å². The molecule has 3 rings (SSSR count). The van der Waals surface area contributed by atoms with Crippen LogP contribution in [0.1, 0.15) is 29.5 Å². The Morgan fingerprint density at radius 1 is 1.19 bits per heavy atom. The lowest BCUT2D eigenvalue weighted by Gasteiger charge is -2.29. The van der Waals surface area contributed by atoms with E-state index in [2.05, 4.69) is 18.2 Å². The minimum Gasteiger partial charge on any atom is -0.497 e. The Labute approximate surface area is 124 Å². The van der Waals surface area contributed by atoms with Crippen LogP contribution < -0.4 is 4.74 Å². The van der Waals surface area contributed by atoms with Gasteiger partial charge in [-0.3, -0.25) is 0 Å². The van der Waals surface area contributed by atoms with Gasteiger partial charge in [0.15, 0.2) is 0 Å². The zero-order chi connectivity index (χ0) is 14.7. The Hall–Kier alpha value is -2.31. The standard InChI is InChI=1S/C18H17NO2/c1-20-16-9-7-15(8-10-16)18(11-4-12-19)17-6-3-2-5-14(17)13-21-18/h2-3,5-10H,4,11,13H2,1H3. The van der Waals surface area contributed by atoms with Crippen molar-refractivity contribution in [1.29, 1.82) is 5.26 Å². The zero-order valence-electron chi connectivity index (χ0n) is 12.0. The normalized spacial score (nSPS) is 19.8. The SMILES string of the molecule is COc1ccc(C2(CCC#N)OCc3ccccc32)cc1. The smallest absolute Gasteiger partial charge is 0.120 e. The van der Waals surface area contributed by atoms with Gasteiger partial charge in [-0.05, 0) is 35.2 Å². The molecule has 0 N–H and O–H groups in total. The highest BCUT2D eigenvalue weighted by atomic mass is 16.5. The number of ether oxygens (including phenoxy) is 2. The molecule has 0 saturated carbocycles. The van der Waals surface area contributed by atoms with Gasteiger partial charge in [-0.2, -0.15) is 5.26 Å². The maximum atomic E-state index is 8.99. The van der Waals surface area contributed by atoms with Crippen LogP contribution in [0, 0.1) is 11.3 Å². The van der Waals surface area contributed by atoms with Crippen molar-refractivity contribution < 1.29 is 9.47 Å². The molecule has 21 heavy (non-hydrogen) atoms. The molecule has 0 aromatic heterocycles. The number of rotatable bonds is 4. The third kappa shape index (κ3) is 2.28. The highest BCUT2D eigenvalue weighted by molar-refractivity contribution is 5.45. The van der Waals surface area contributed by atoms with Gasteiger partial charge in [0.1, 0.15) is 11.4 Å². The summed E-state index contributed by atoms with van der Waals surface area (Å²) < 4.78 is 11.4. The van der Waals surface area contributed by atoms with Gasteiger partial charge in [-0.15, -0.1) is 0 Å². The molecule has 0 radical (unpaired) electrons. The van der Waals surface area contributed by atoms with Gasteiger partial charge in [0.05, 0.1) is 19.8 Å². The minimum absolute atomic E-state index is 0.459. The second-order valence-corrected chi connectivity index (χ2v) is 5.16. The molecule has 0 spiro atoms. The van der Waals surface area contributed by atoms with Gasteiger partial charge in [0, 0.05) is 6.42 Å². The van der Waals surface area contributed by atoms with Gasteiger partial charge in [0.25, 0.3) is 0 Å². The van der Waals surface area contributed by atoms with E-state index in [0.29, 0.717) is 19.4 Å². The zero-order valence-corrected chi connectivity index (χ0v) is 12.0. The van der Waals surface area contributed by atoms with Crippen molar-refractivity contribution in [1.82, 2.24) is 0 Å². The summed E-state index contributed by atoms with van der Waals surface area (Å²) in [5.74, 6) is 0.820. The largest absolute Gasteiger partial charge is 0.497 e. The molecule has 1 atom stereocenters. The van der Waals surface area contributed by atoms with E-state index < -0.39 is 5.60 Å². The second-order valence-electron chi connectivity index (χ2n) is 5.16. The summed E-state index contributed by atoms with van der Waals surface area (Å²) in [4.78, 5) is 0. The van der Waals surface area contributed by atoms with E-state index in [1.807, 2.05) is 36.4 Å². The highest BCUT2D eigenvalue weighted by Crippen LogP contribution is 2.45. The molecular weight excluding hydrogens is 262 g/mol. The number of methoxy groups -OCH3 is 1. The van der Waals surface area contributed by atoms with Crippen LogP contribution >= 0.6 is 0 Å². The molecule has 1 heterocycles. The fourth-order valence-electron chi connectivity index (χ4n) is 3.00. The van der Waals surface area contributed by atoms with Crippen molar-refractivity contribution in [2.75, 3.05) is 7.11 Å². The Morgan fingerprint density at radius 2 is 1.95 bits per heavy atom. The Kier molecular flexibility index (Phi) is 3.64. The summed E-state index contributed by atoms with van der Waals surface area (Å²) in [6.45, 7) is 0.591. The molecule has 2 aromatic carbocycles. The lowest BCUT2D eigenvalue weighted by Crippen LogP contribution is -2.26. The average molecular weight is 279 g/mol. The molecule has 3 nitrogen and oxygen atoms in total. The molecule has 0 fully saturated rings. The first-order valence-electron chi connectivity index (χ1n) is 7.04. The summed E-state index contributed by atoms with van der Waals surface area (Å²) >= 11 is 0. The average Bonchev–Trinajstić information content (AvgIpc) is 2.93. The van der Waals surface area contributed by atoms with Gasteiger partial charge in [-0.25, -0.2) is 0 Å². The van der Waals surface area contributed by atoms with Crippen LogP contribution in [0.3, 0.4) is 0 Å². The van der Waals surface area contributed by atoms with E-state index >= 15 is 0 Å². The van der Waals surface area contributed by atoms with Crippen LogP contribution in [0.2, 0.25) is 0 Å². The van der Waals surface area contributed by atoms with Crippen LogP contribution in [0.15, 0.2) is 48.5 Å². The Morgan fingerprint density at radius 3 is 2.67 bits per heavy atom. The van der Waals surface area contributed by atoms with Crippen LogP contribution in [0.4, 0.5) is 0 Å². The lowest BCUT2D eigenvalue weighted by molar-refractivity contribution is -0.0106. The first kappa shape index (κ1) is 13.7. The van der Waals surface area contributed by atoms with Gasteiger partial charge in [-0.1, -0.05) is 36.4 Å². The summed E-state index contributed by atoms with van der Waals surface area (Å²) in [6, 6.07) is 18.4. The van der Waals surface area contributed by atoms with Crippen LogP contribution in [0.5, 0.6) is 5.75 Å². The van der Waals surface area contributed by atoms with E-state index in [1.165, 1.54) is 11.1 Å².